The summed E-state index contributed by atoms with van der Waals surface area (Å²) in [5, 5.41) is 0. The van der Waals surface area contributed by atoms with E-state index >= 15 is 0 Å². The Morgan fingerprint density at radius 2 is 1.67 bits per heavy atom. The molecule has 2 heterocycles. The first-order chi connectivity index (χ1) is 14.2. The topological polar surface area (TPSA) is 77.2 Å². The average molecular weight is 412 g/mol. The van der Waals surface area contributed by atoms with Crippen molar-refractivity contribution in [3.8, 4) is 0 Å². The molecule has 0 saturated carbocycles. The Labute approximate surface area is 173 Å². The quantitative estimate of drug-likeness (QED) is 0.623. The molecule has 8 heteroatoms. The Morgan fingerprint density at radius 3 is 2.27 bits per heavy atom. The smallest absolute Gasteiger partial charge is 0.332 e. The van der Waals surface area contributed by atoms with E-state index in [1.165, 1.54) is 35.0 Å². The van der Waals surface area contributed by atoms with Crippen LogP contribution in [0.3, 0.4) is 0 Å². The fourth-order valence-electron chi connectivity index (χ4n) is 3.70. The number of rotatable bonds is 6. The summed E-state index contributed by atoms with van der Waals surface area (Å²) in [5.41, 5.74) is -0.148. The maximum atomic E-state index is 13.2. The monoisotopic (exact) mass is 412 g/mol. The van der Waals surface area contributed by atoms with Gasteiger partial charge in [-0.2, -0.15) is 0 Å². The summed E-state index contributed by atoms with van der Waals surface area (Å²) >= 11 is 0. The lowest BCUT2D eigenvalue weighted by molar-refractivity contribution is -0.135. The summed E-state index contributed by atoms with van der Waals surface area (Å²) in [6, 6.07) is 8.71. The van der Waals surface area contributed by atoms with E-state index in [1.807, 2.05) is 27.7 Å². The van der Waals surface area contributed by atoms with Gasteiger partial charge in [0.25, 0.3) is 5.56 Å². The number of pyridine rings is 1. The van der Waals surface area contributed by atoms with Gasteiger partial charge in [0, 0.05) is 18.3 Å². The molecule has 0 atom stereocenters. The van der Waals surface area contributed by atoms with Crippen molar-refractivity contribution in [3.63, 3.8) is 0 Å². The third kappa shape index (κ3) is 4.17. The van der Waals surface area contributed by atoms with E-state index < -0.39 is 17.1 Å². The number of amides is 1. The number of halogens is 1. The molecule has 0 saturated heterocycles. The van der Waals surface area contributed by atoms with Crippen LogP contribution in [0.25, 0.3) is 11.0 Å². The Hall–Kier alpha value is -3.29. The van der Waals surface area contributed by atoms with Crippen molar-refractivity contribution in [2.24, 2.45) is 0 Å². The van der Waals surface area contributed by atoms with Crippen LogP contribution in [0.2, 0.25) is 0 Å². The van der Waals surface area contributed by atoms with Crippen molar-refractivity contribution < 1.29 is 9.18 Å². The molecular formula is C22H25FN4O3. The molecule has 0 spiro atoms. The van der Waals surface area contributed by atoms with Crippen LogP contribution in [0.15, 0.2) is 52.2 Å². The van der Waals surface area contributed by atoms with Crippen molar-refractivity contribution in [1.29, 1.82) is 0 Å². The predicted octanol–water partition coefficient (Wildman–Crippen LogP) is 2.39. The molecule has 1 aromatic carbocycles. The van der Waals surface area contributed by atoms with Crippen LogP contribution in [-0.4, -0.2) is 37.0 Å². The second-order valence-electron chi connectivity index (χ2n) is 7.75. The minimum Gasteiger partial charge on any atom is -0.336 e. The van der Waals surface area contributed by atoms with E-state index in [2.05, 4.69) is 4.98 Å². The molecule has 0 aliphatic heterocycles. The molecule has 2 aromatic heterocycles. The minimum atomic E-state index is -0.606. The summed E-state index contributed by atoms with van der Waals surface area (Å²) < 4.78 is 15.5. The third-order valence-corrected chi connectivity index (χ3v) is 4.93. The summed E-state index contributed by atoms with van der Waals surface area (Å²) in [7, 11) is 0. The van der Waals surface area contributed by atoms with E-state index in [9.17, 15) is 18.8 Å². The SMILES string of the molecule is CC(C)N(C(=O)Cn1c(=O)n(Cc2ccc(F)cc2)c(=O)c2ncccc21)C(C)C. The van der Waals surface area contributed by atoms with E-state index in [0.29, 0.717) is 11.1 Å². The number of hydrogen-bond acceptors (Lipinski definition) is 4. The highest BCUT2D eigenvalue weighted by atomic mass is 19.1. The van der Waals surface area contributed by atoms with Gasteiger partial charge in [0.15, 0.2) is 5.52 Å². The van der Waals surface area contributed by atoms with Gasteiger partial charge in [-0.1, -0.05) is 12.1 Å². The van der Waals surface area contributed by atoms with E-state index in [1.54, 1.807) is 17.0 Å². The molecule has 7 nitrogen and oxygen atoms in total. The number of carbonyl (C=O) groups is 1. The van der Waals surface area contributed by atoms with Crippen LogP contribution in [0.5, 0.6) is 0 Å². The molecule has 0 N–H and O–H groups in total. The summed E-state index contributed by atoms with van der Waals surface area (Å²) in [4.78, 5) is 45.0. The Balaban J connectivity index is 2.14. The third-order valence-electron chi connectivity index (χ3n) is 4.93. The lowest BCUT2D eigenvalue weighted by atomic mass is 10.2. The molecule has 1 amide bonds. The fraction of sp³-hybridized carbons (Fsp3) is 0.364. The van der Waals surface area contributed by atoms with Crippen LogP contribution in [0.1, 0.15) is 33.3 Å². The van der Waals surface area contributed by atoms with E-state index in [-0.39, 0.29) is 36.6 Å². The second kappa shape index (κ2) is 8.61. The zero-order valence-corrected chi connectivity index (χ0v) is 17.5. The first-order valence-electron chi connectivity index (χ1n) is 9.84. The largest absolute Gasteiger partial charge is 0.336 e. The fourth-order valence-corrected chi connectivity index (χ4v) is 3.70. The molecule has 30 heavy (non-hydrogen) atoms. The van der Waals surface area contributed by atoms with Crippen LogP contribution < -0.4 is 11.2 Å². The lowest BCUT2D eigenvalue weighted by Gasteiger charge is -2.31. The van der Waals surface area contributed by atoms with Gasteiger partial charge in [-0.25, -0.2) is 14.2 Å². The normalized spacial score (nSPS) is 11.4. The van der Waals surface area contributed by atoms with Gasteiger partial charge in [-0.05, 0) is 57.5 Å². The molecule has 0 aliphatic carbocycles. The molecule has 0 aliphatic rings. The molecule has 158 valence electrons. The van der Waals surface area contributed by atoms with Crippen molar-refractivity contribution >= 4 is 16.9 Å². The van der Waals surface area contributed by atoms with Gasteiger partial charge in [-0.3, -0.25) is 18.7 Å². The minimum absolute atomic E-state index is 0.0392. The highest BCUT2D eigenvalue weighted by Crippen LogP contribution is 2.10. The van der Waals surface area contributed by atoms with Crippen molar-refractivity contribution in [1.82, 2.24) is 19.0 Å². The van der Waals surface area contributed by atoms with Gasteiger partial charge < -0.3 is 4.90 Å². The number of nitrogens with zero attached hydrogens (tertiary/aromatic N) is 4. The summed E-state index contributed by atoms with van der Waals surface area (Å²) in [5.74, 6) is -0.629. The Bertz CT molecular complexity index is 1170. The number of carbonyl (C=O) groups excluding carboxylic acids is 1. The van der Waals surface area contributed by atoms with Gasteiger partial charge in [0.1, 0.15) is 12.4 Å². The molecule has 0 fully saturated rings. The van der Waals surface area contributed by atoms with E-state index in [0.717, 1.165) is 4.57 Å². The highest BCUT2D eigenvalue weighted by Gasteiger charge is 2.23. The lowest BCUT2D eigenvalue weighted by Crippen LogP contribution is -2.47. The maximum absolute atomic E-state index is 13.2. The number of hydrogen-bond donors (Lipinski definition) is 0. The average Bonchev–Trinajstić information content (AvgIpc) is 2.69. The molecular weight excluding hydrogens is 387 g/mol. The summed E-state index contributed by atoms with van der Waals surface area (Å²) in [6.45, 7) is 7.40. The Kier molecular flexibility index (Phi) is 6.14. The predicted molar refractivity (Wildman–Crippen MR) is 113 cm³/mol. The second-order valence-corrected chi connectivity index (χ2v) is 7.75. The summed E-state index contributed by atoms with van der Waals surface area (Å²) in [6.07, 6.45) is 1.47. The molecule has 0 bridgehead atoms. The van der Waals surface area contributed by atoms with Crippen LogP contribution in [0, 0.1) is 5.82 Å². The zero-order valence-electron chi connectivity index (χ0n) is 17.5. The highest BCUT2D eigenvalue weighted by molar-refractivity contribution is 5.80. The molecule has 3 aromatic rings. The zero-order chi connectivity index (χ0) is 22.0. The Morgan fingerprint density at radius 1 is 1.03 bits per heavy atom. The maximum Gasteiger partial charge on any atom is 0.332 e. The number of fused-ring (bicyclic) bond motifs is 1. The molecule has 3 rings (SSSR count). The van der Waals surface area contributed by atoms with E-state index in [4.69, 9.17) is 0 Å². The van der Waals surface area contributed by atoms with Crippen molar-refractivity contribution in [2.45, 2.75) is 52.9 Å². The van der Waals surface area contributed by atoms with Gasteiger partial charge in [0.05, 0.1) is 12.1 Å². The van der Waals surface area contributed by atoms with Crippen LogP contribution in [0.4, 0.5) is 4.39 Å². The van der Waals surface area contributed by atoms with Gasteiger partial charge >= 0.3 is 5.69 Å². The first kappa shape index (κ1) is 21.4. The molecule has 0 radical (unpaired) electrons. The van der Waals surface area contributed by atoms with Crippen molar-refractivity contribution in [3.05, 3.63) is 74.8 Å². The number of benzene rings is 1. The van der Waals surface area contributed by atoms with Crippen molar-refractivity contribution in [2.75, 3.05) is 0 Å². The van der Waals surface area contributed by atoms with Gasteiger partial charge in [-0.15, -0.1) is 0 Å². The van der Waals surface area contributed by atoms with Crippen LogP contribution >= 0.6 is 0 Å². The van der Waals surface area contributed by atoms with Crippen LogP contribution in [-0.2, 0) is 17.9 Å². The number of aromatic nitrogens is 3. The van der Waals surface area contributed by atoms with Gasteiger partial charge in [0.2, 0.25) is 5.91 Å². The first-order valence-corrected chi connectivity index (χ1v) is 9.84. The molecule has 0 unspecified atom stereocenters. The standard InChI is InChI=1S/C22H25FN4O3/c1-14(2)27(15(3)4)19(28)13-25-18-6-5-11-24-20(18)21(29)26(22(25)30)12-16-7-9-17(23)10-8-16/h5-11,14-15H,12-13H2,1-4H3.